The molecule has 2 heterocycles. The van der Waals surface area contributed by atoms with E-state index in [-0.39, 0.29) is 18.2 Å². The van der Waals surface area contributed by atoms with Crippen LogP contribution < -0.4 is 0 Å². The molecule has 0 bridgehead atoms. The third-order valence-corrected chi connectivity index (χ3v) is 2.53. The molecule has 17 heavy (non-hydrogen) atoms. The van der Waals surface area contributed by atoms with E-state index < -0.39 is 0 Å². The van der Waals surface area contributed by atoms with Crippen LogP contribution in [0.5, 0.6) is 0 Å². The largest absolute Gasteiger partial charge is 0.332 e. The van der Waals surface area contributed by atoms with Crippen LogP contribution in [-0.4, -0.2) is 30.1 Å². The second-order valence-corrected chi connectivity index (χ2v) is 4.18. The second-order valence-electron chi connectivity index (χ2n) is 4.18. The van der Waals surface area contributed by atoms with Gasteiger partial charge in [0.15, 0.2) is 5.82 Å². The van der Waals surface area contributed by atoms with Crippen molar-refractivity contribution in [1.82, 2.24) is 24.3 Å². The topological polar surface area (TPSA) is 65.6 Å². The Hall–Kier alpha value is -1.98. The molecular formula is C11H15N5O. The molecule has 90 valence electrons. The normalized spacial score (nSPS) is 11.1. The molecule has 2 aromatic rings. The van der Waals surface area contributed by atoms with Gasteiger partial charge in [0.25, 0.3) is 0 Å². The highest BCUT2D eigenvalue weighted by atomic mass is 16.1. The number of ketones is 1. The van der Waals surface area contributed by atoms with Gasteiger partial charge < -0.3 is 4.57 Å². The predicted octanol–water partition coefficient (Wildman–Crippen LogP) is 1.02. The van der Waals surface area contributed by atoms with Gasteiger partial charge in [-0.1, -0.05) is 0 Å². The zero-order valence-corrected chi connectivity index (χ0v) is 10.2. The van der Waals surface area contributed by atoms with Gasteiger partial charge in [0, 0.05) is 25.5 Å². The molecule has 0 amide bonds. The maximum Gasteiger partial charge on any atom is 0.205 e. The highest BCUT2D eigenvalue weighted by molar-refractivity contribution is 5.93. The lowest BCUT2D eigenvalue weighted by Gasteiger charge is -2.08. The average Bonchev–Trinajstić information content (AvgIpc) is 2.86. The number of carbonyl (C=O) groups is 1. The number of hydrogen-bond acceptors (Lipinski definition) is 4. The molecule has 0 aliphatic heterocycles. The van der Waals surface area contributed by atoms with Gasteiger partial charge >= 0.3 is 0 Å². The first kappa shape index (κ1) is 11.5. The fourth-order valence-corrected chi connectivity index (χ4v) is 1.69. The standard InChI is InChI=1S/C11H15N5O/c1-8(2)16-10(13-7-14-16)6-9(17)11-12-4-5-15(11)3/h4-5,7-8H,6H2,1-3H3. The van der Waals surface area contributed by atoms with Crippen molar-refractivity contribution >= 4 is 5.78 Å². The monoisotopic (exact) mass is 233 g/mol. The highest BCUT2D eigenvalue weighted by Gasteiger charge is 2.16. The Kier molecular flexibility index (Phi) is 3.03. The van der Waals surface area contributed by atoms with E-state index >= 15 is 0 Å². The van der Waals surface area contributed by atoms with Gasteiger partial charge in [-0.15, -0.1) is 0 Å². The Morgan fingerprint density at radius 2 is 2.18 bits per heavy atom. The number of rotatable bonds is 4. The molecule has 0 saturated heterocycles. The molecule has 0 fully saturated rings. The summed E-state index contributed by atoms with van der Waals surface area (Å²) in [5.41, 5.74) is 0. The van der Waals surface area contributed by atoms with Gasteiger partial charge in [-0.25, -0.2) is 14.6 Å². The first-order valence-electron chi connectivity index (χ1n) is 5.48. The third-order valence-electron chi connectivity index (χ3n) is 2.53. The first-order chi connectivity index (χ1) is 8.09. The minimum atomic E-state index is -0.0487. The van der Waals surface area contributed by atoms with Crippen LogP contribution in [0.15, 0.2) is 18.7 Å². The van der Waals surface area contributed by atoms with Crippen LogP contribution in [0.25, 0.3) is 0 Å². The zero-order valence-electron chi connectivity index (χ0n) is 10.2. The molecule has 0 radical (unpaired) electrons. The molecule has 0 aliphatic carbocycles. The van der Waals surface area contributed by atoms with Crippen LogP contribution in [0, 0.1) is 0 Å². The fourth-order valence-electron chi connectivity index (χ4n) is 1.69. The number of carbonyl (C=O) groups excluding carboxylic acids is 1. The van der Waals surface area contributed by atoms with Crippen molar-refractivity contribution in [2.45, 2.75) is 26.3 Å². The summed E-state index contributed by atoms with van der Waals surface area (Å²) in [5, 5.41) is 4.10. The van der Waals surface area contributed by atoms with Gasteiger partial charge in [0.2, 0.25) is 5.78 Å². The van der Waals surface area contributed by atoms with E-state index in [0.717, 1.165) is 0 Å². The Bertz CT molecular complexity index is 525. The number of aryl methyl sites for hydroxylation is 1. The minimum Gasteiger partial charge on any atom is -0.332 e. The lowest BCUT2D eigenvalue weighted by molar-refractivity contribution is 0.0976. The van der Waals surface area contributed by atoms with Crippen molar-refractivity contribution in [2.75, 3.05) is 0 Å². The van der Waals surface area contributed by atoms with E-state index in [4.69, 9.17) is 0 Å². The number of Topliss-reactive ketones (excluding diaryl/α,β-unsaturated/α-hetero) is 1. The van der Waals surface area contributed by atoms with Gasteiger partial charge in [-0.3, -0.25) is 4.79 Å². The van der Waals surface area contributed by atoms with Gasteiger partial charge in [0.05, 0.1) is 6.42 Å². The van der Waals surface area contributed by atoms with E-state index in [2.05, 4.69) is 15.1 Å². The van der Waals surface area contributed by atoms with Crippen LogP contribution >= 0.6 is 0 Å². The first-order valence-corrected chi connectivity index (χ1v) is 5.48. The number of aromatic nitrogens is 5. The Balaban J connectivity index is 2.19. The molecule has 0 aromatic carbocycles. The van der Waals surface area contributed by atoms with E-state index in [0.29, 0.717) is 11.6 Å². The smallest absolute Gasteiger partial charge is 0.205 e. The van der Waals surface area contributed by atoms with Gasteiger partial charge in [-0.2, -0.15) is 5.10 Å². The van der Waals surface area contributed by atoms with E-state index in [1.807, 2.05) is 13.8 Å². The summed E-state index contributed by atoms with van der Waals surface area (Å²) in [7, 11) is 1.80. The maximum atomic E-state index is 12.0. The summed E-state index contributed by atoms with van der Waals surface area (Å²) in [6, 6.07) is 0.196. The lowest BCUT2D eigenvalue weighted by atomic mass is 10.2. The Morgan fingerprint density at radius 1 is 1.41 bits per heavy atom. The predicted molar refractivity (Wildman–Crippen MR) is 61.6 cm³/mol. The summed E-state index contributed by atoms with van der Waals surface area (Å²) in [4.78, 5) is 20.1. The van der Waals surface area contributed by atoms with Crippen molar-refractivity contribution in [3.8, 4) is 0 Å². The van der Waals surface area contributed by atoms with Crippen molar-refractivity contribution in [3.05, 3.63) is 30.4 Å². The van der Waals surface area contributed by atoms with E-state index in [9.17, 15) is 4.79 Å². The molecule has 6 nitrogen and oxygen atoms in total. The van der Waals surface area contributed by atoms with Crippen LogP contribution in [0.1, 0.15) is 36.3 Å². The molecule has 0 saturated carbocycles. The maximum absolute atomic E-state index is 12.0. The highest BCUT2D eigenvalue weighted by Crippen LogP contribution is 2.08. The second kappa shape index (κ2) is 4.48. The van der Waals surface area contributed by atoms with Crippen molar-refractivity contribution in [3.63, 3.8) is 0 Å². The Labute approximate surface area is 99.3 Å². The summed E-state index contributed by atoms with van der Waals surface area (Å²) in [6.45, 7) is 4.01. The number of hydrogen-bond donors (Lipinski definition) is 0. The molecular weight excluding hydrogens is 218 g/mol. The Morgan fingerprint density at radius 3 is 2.76 bits per heavy atom. The molecule has 2 rings (SSSR count). The quantitative estimate of drug-likeness (QED) is 0.739. The zero-order chi connectivity index (χ0) is 12.4. The molecule has 0 aliphatic rings. The molecule has 0 N–H and O–H groups in total. The summed E-state index contributed by atoms with van der Waals surface area (Å²) < 4.78 is 3.46. The van der Waals surface area contributed by atoms with Crippen LogP contribution in [-0.2, 0) is 13.5 Å². The molecule has 0 atom stereocenters. The van der Waals surface area contributed by atoms with Crippen LogP contribution in [0.2, 0.25) is 0 Å². The summed E-state index contributed by atoms with van der Waals surface area (Å²) in [6.07, 6.45) is 5.06. The molecule has 6 heteroatoms. The minimum absolute atomic E-state index is 0.0487. The van der Waals surface area contributed by atoms with Gasteiger partial charge in [0.1, 0.15) is 12.2 Å². The molecule has 0 spiro atoms. The number of imidazole rings is 1. The van der Waals surface area contributed by atoms with Crippen molar-refractivity contribution in [1.29, 1.82) is 0 Å². The fraction of sp³-hybridized carbons (Fsp3) is 0.455. The van der Waals surface area contributed by atoms with E-state index in [1.165, 1.54) is 6.33 Å². The number of nitrogens with zero attached hydrogens (tertiary/aromatic N) is 5. The van der Waals surface area contributed by atoms with Crippen molar-refractivity contribution < 1.29 is 4.79 Å². The SMILES string of the molecule is CC(C)n1ncnc1CC(=O)c1nccn1C. The van der Waals surface area contributed by atoms with Crippen molar-refractivity contribution in [2.24, 2.45) is 7.05 Å². The third kappa shape index (κ3) is 2.25. The van der Waals surface area contributed by atoms with Gasteiger partial charge in [-0.05, 0) is 13.8 Å². The molecule has 0 unspecified atom stereocenters. The van der Waals surface area contributed by atoms with E-state index in [1.54, 1.807) is 28.7 Å². The van der Waals surface area contributed by atoms with Crippen LogP contribution in [0.3, 0.4) is 0 Å². The van der Waals surface area contributed by atoms with Crippen LogP contribution in [0.4, 0.5) is 0 Å². The summed E-state index contributed by atoms with van der Waals surface area (Å²) >= 11 is 0. The lowest BCUT2D eigenvalue weighted by Crippen LogP contribution is -2.15. The summed E-state index contributed by atoms with van der Waals surface area (Å²) in [5.74, 6) is 1.07. The molecule has 2 aromatic heterocycles. The average molecular weight is 233 g/mol.